The van der Waals surface area contributed by atoms with E-state index >= 15 is 0 Å². The molecule has 4 rings (SSSR count). The number of benzene rings is 1. The molecule has 3 heterocycles. The normalized spacial score (nSPS) is 17.2. The van der Waals surface area contributed by atoms with E-state index in [9.17, 15) is 24.0 Å². The van der Waals surface area contributed by atoms with Gasteiger partial charge in [-0.15, -0.1) is 0 Å². The molecule has 2 fully saturated rings. The number of amides is 1. The number of halogens is 1. The minimum Gasteiger partial charge on any atom is -0.466 e. The molecule has 2 aromatic rings. The van der Waals surface area contributed by atoms with E-state index in [1.165, 1.54) is 17.0 Å². The van der Waals surface area contributed by atoms with Gasteiger partial charge in [0.05, 0.1) is 24.0 Å². The van der Waals surface area contributed by atoms with E-state index in [0.717, 1.165) is 17.3 Å². The molecule has 0 spiro atoms. The first-order valence-corrected chi connectivity index (χ1v) is 14.0. The number of thiocarbonyl (C=S) groups is 1. The summed E-state index contributed by atoms with van der Waals surface area (Å²) in [6, 6.07) is 7.92. The fourth-order valence-corrected chi connectivity index (χ4v) is 6.14. The lowest BCUT2D eigenvalue weighted by atomic mass is 9.95. The van der Waals surface area contributed by atoms with E-state index in [2.05, 4.69) is 0 Å². The highest BCUT2D eigenvalue weighted by Crippen LogP contribution is 2.37. The minimum absolute atomic E-state index is 0.0232. The van der Waals surface area contributed by atoms with Gasteiger partial charge in [0.2, 0.25) is 0 Å². The maximum Gasteiger partial charge on any atom is 0.309 e. The summed E-state index contributed by atoms with van der Waals surface area (Å²) in [4.78, 5) is 42.8. The molecule has 0 bridgehead atoms. The Hall–Kier alpha value is -3.49. The van der Waals surface area contributed by atoms with Gasteiger partial charge in [0.15, 0.2) is 0 Å². The number of hydrogen-bond donors (Lipinski definition) is 0. The van der Waals surface area contributed by atoms with Crippen LogP contribution in [-0.4, -0.2) is 45.4 Å². The molecule has 11 heteroatoms. The summed E-state index contributed by atoms with van der Waals surface area (Å²) in [6.45, 7) is 7.20. The Morgan fingerprint density at radius 3 is 2.49 bits per heavy atom. The van der Waals surface area contributed by atoms with Crippen LogP contribution in [-0.2, 0) is 27.4 Å². The number of piperidine rings is 1. The highest BCUT2D eigenvalue weighted by Gasteiger charge is 2.34. The smallest absolute Gasteiger partial charge is 0.309 e. The second-order valence-corrected chi connectivity index (χ2v) is 11.0. The zero-order valence-corrected chi connectivity index (χ0v) is 23.7. The fraction of sp³-hybridized carbons (Fsp3) is 0.393. The van der Waals surface area contributed by atoms with Crippen LogP contribution in [0.5, 0.6) is 0 Å². The van der Waals surface area contributed by atoms with Crippen LogP contribution < -0.4 is 10.5 Å². The molecule has 0 aliphatic carbocycles. The number of rotatable bonds is 7. The molecule has 1 aromatic carbocycles. The summed E-state index contributed by atoms with van der Waals surface area (Å²) in [6.07, 6.45) is 2.84. The van der Waals surface area contributed by atoms with Crippen LogP contribution in [0.25, 0.3) is 6.08 Å². The molecule has 0 unspecified atom stereocenters. The van der Waals surface area contributed by atoms with Crippen molar-refractivity contribution in [2.24, 2.45) is 5.92 Å². The first-order chi connectivity index (χ1) is 18.7. The molecule has 2 aliphatic heterocycles. The number of nitriles is 1. The number of nitrogens with zero attached hydrogens (tertiary/aromatic N) is 4. The number of thioether (sulfide) groups is 1. The second-order valence-electron chi connectivity index (χ2n) is 9.31. The van der Waals surface area contributed by atoms with E-state index in [1.807, 2.05) is 17.9 Å². The van der Waals surface area contributed by atoms with Crippen LogP contribution in [0, 0.1) is 30.0 Å². The zero-order chi connectivity index (χ0) is 28.3. The molecule has 2 aliphatic rings. The molecule has 0 saturated carbocycles. The van der Waals surface area contributed by atoms with Crippen LogP contribution in [0.3, 0.4) is 0 Å². The maximum absolute atomic E-state index is 13.4. The average molecular weight is 569 g/mol. The predicted molar refractivity (Wildman–Crippen MR) is 153 cm³/mol. The Kier molecular flexibility index (Phi) is 8.87. The molecular weight excluding hydrogens is 539 g/mol. The van der Waals surface area contributed by atoms with Crippen molar-refractivity contribution in [3.05, 3.63) is 67.6 Å². The number of esters is 1. The van der Waals surface area contributed by atoms with Gasteiger partial charge in [-0.05, 0) is 62.9 Å². The van der Waals surface area contributed by atoms with E-state index in [1.54, 1.807) is 36.6 Å². The highest BCUT2D eigenvalue weighted by molar-refractivity contribution is 8.26. The Morgan fingerprint density at radius 1 is 1.23 bits per heavy atom. The molecule has 8 nitrogen and oxygen atoms in total. The van der Waals surface area contributed by atoms with E-state index in [0.29, 0.717) is 65.3 Å². The van der Waals surface area contributed by atoms with Crippen LogP contribution in [0.4, 0.5) is 10.2 Å². The van der Waals surface area contributed by atoms with Crippen molar-refractivity contribution in [2.45, 2.75) is 46.7 Å². The third kappa shape index (κ3) is 5.77. The summed E-state index contributed by atoms with van der Waals surface area (Å²) in [5.74, 6) is -0.476. The first kappa shape index (κ1) is 28.5. The first-order valence-electron chi connectivity index (χ1n) is 12.8. The van der Waals surface area contributed by atoms with Crippen molar-refractivity contribution in [1.82, 2.24) is 9.47 Å². The standard InChI is InChI=1S/C28H29FN4O4S2/c1-4-32-24(31-12-10-19(11-13-31)27(36)37-5-2)21(17(3)22(15-30)25(32)34)14-23-26(35)33(28(38)39-23)16-18-6-8-20(29)9-7-18/h6-9,14,19H,4-5,10-13,16H2,1-3H3/b23-14+. The third-order valence-corrected chi connectivity index (χ3v) is 8.36. The van der Waals surface area contributed by atoms with Crippen LogP contribution >= 0.6 is 24.0 Å². The molecule has 1 aromatic heterocycles. The maximum atomic E-state index is 13.4. The molecule has 1 amide bonds. The summed E-state index contributed by atoms with van der Waals surface area (Å²) in [5.41, 5.74) is 1.46. The summed E-state index contributed by atoms with van der Waals surface area (Å²) in [5, 5.41) is 9.79. The van der Waals surface area contributed by atoms with Gasteiger partial charge in [-0.2, -0.15) is 5.26 Å². The Balaban J connectivity index is 1.73. The third-order valence-electron chi connectivity index (χ3n) is 6.98. The van der Waals surface area contributed by atoms with Crippen LogP contribution in [0.1, 0.15) is 48.9 Å². The Bertz CT molecular complexity index is 1440. The predicted octanol–water partition coefficient (Wildman–Crippen LogP) is 4.37. The molecule has 0 radical (unpaired) electrons. The van der Waals surface area contributed by atoms with E-state index < -0.39 is 0 Å². The van der Waals surface area contributed by atoms with Gasteiger partial charge in [-0.1, -0.05) is 36.1 Å². The van der Waals surface area contributed by atoms with Crippen molar-refractivity contribution >= 4 is 52.1 Å². The number of carbonyl (C=O) groups excluding carboxylic acids is 2. The summed E-state index contributed by atoms with van der Waals surface area (Å²) >= 11 is 6.64. The largest absolute Gasteiger partial charge is 0.466 e. The molecule has 204 valence electrons. The molecule has 0 N–H and O–H groups in total. The molecule has 0 atom stereocenters. The fourth-order valence-electron chi connectivity index (χ4n) is 4.91. The number of anilines is 1. The van der Waals surface area contributed by atoms with Gasteiger partial charge in [0, 0.05) is 25.2 Å². The summed E-state index contributed by atoms with van der Waals surface area (Å²) < 4.78 is 20.5. The quantitative estimate of drug-likeness (QED) is 0.276. The van der Waals surface area contributed by atoms with Gasteiger partial charge in [0.25, 0.3) is 11.5 Å². The minimum atomic E-state index is -0.388. The second kappa shape index (κ2) is 12.1. The summed E-state index contributed by atoms with van der Waals surface area (Å²) in [7, 11) is 0. The van der Waals surface area contributed by atoms with Crippen molar-refractivity contribution in [3.8, 4) is 6.07 Å². The van der Waals surface area contributed by atoms with Crippen molar-refractivity contribution in [2.75, 3.05) is 24.6 Å². The Morgan fingerprint density at radius 2 is 1.90 bits per heavy atom. The average Bonchev–Trinajstić information content (AvgIpc) is 3.19. The van der Waals surface area contributed by atoms with Gasteiger partial charge < -0.3 is 9.64 Å². The lowest BCUT2D eigenvalue weighted by molar-refractivity contribution is -0.148. The highest BCUT2D eigenvalue weighted by atomic mass is 32.2. The number of hydrogen-bond acceptors (Lipinski definition) is 8. The molecule has 2 saturated heterocycles. The lowest BCUT2D eigenvalue weighted by Crippen LogP contribution is -2.41. The topological polar surface area (TPSA) is 95.6 Å². The van der Waals surface area contributed by atoms with Crippen molar-refractivity contribution in [1.29, 1.82) is 5.26 Å². The number of pyridine rings is 1. The van der Waals surface area contributed by atoms with E-state index in [4.69, 9.17) is 17.0 Å². The monoisotopic (exact) mass is 568 g/mol. The van der Waals surface area contributed by atoms with Gasteiger partial charge in [0.1, 0.15) is 27.6 Å². The van der Waals surface area contributed by atoms with Gasteiger partial charge >= 0.3 is 5.97 Å². The van der Waals surface area contributed by atoms with Gasteiger partial charge in [-0.3, -0.25) is 23.9 Å². The van der Waals surface area contributed by atoms with Gasteiger partial charge in [-0.25, -0.2) is 4.39 Å². The number of carbonyl (C=O) groups is 2. The molecule has 39 heavy (non-hydrogen) atoms. The van der Waals surface area contributed by atoms with Crippen molar-refractivity contribution < 1.29 is 18.7 Å². The number of ether oxygens (including phenoxy) is 1. The van der Waals surface area contributed by atoms with Crippen LogP contribution in [0.15, 0.2) is 34.0 Å². The Labute approximate surface area is 236 Å². The van der Waals surface area contributed by atoms with Crippen LogP contribution in [0.2, 0.25) is 0 Å². The molecular formula is C28H29FN4O4S2. The van der Waals surface area contributed by atoms with E-state index in [-0.39, 0.29) is 41.3 Å². The number of aromatic nitrogens is 1. The zero-order valence-electron chi connectivity index (χ0n) is 22.0. The lowest BCUT2D eigenvalue weighted by Gasteiger charge is -2.35. The van der Waals surface area contributed by atoms with Crippen molar-refractivity contribution in [3.63, 3.8) is 0 Å². The SMILES string of the molecule is CCOC(=O)C1CCN(c2c(/C=C3/SC(=S)N(Cc4ccc(F)cc4)C3=O)c(C)c(C#N)c(=O)n2CC)CC1.